The Balaban J connectivity index is 2.02. The molecule has 1 aromatic carbocycles. The maximum atomic E-state index is 12.3. The molecular weight excluding hydrogens is 290 g/mol. The second kappa shape index (κ2) is 5.43. The number of anilines is 1. The van der Waals surface area contributed by atoms with E-state index in [2.05, 4.69) is 35.1 Å². The lowest BCUT2D eigenvalue weighted by atomic mass is 9.81. The summed E-state index contributed by atoms with van der Waals surface area (Å²) in [6.45, 7) is 4.39. The SMILES string of the molecule is CC1(C)CCCC1C(=O)Nc1ccc(CBr)cc1. The Labute approximate surface area is 117 Å². The van der Waals surface area contributed by atoms with E-state index >= 15 is 0 Å². The van der Waals surface area contributed by atoms with Crippen LogP contribution in [0, 0.1) is 11.3 Å². The molecule has 0 bridgehead atoms. The van der Waals surface area contributed by atoms with Crippen LogP contribution in [0.5, 0.6) is 0 Å². The molecule has 1 aliphatic rings. The van der Waals surface area contributed by atoms with Gasteiger partial charge in [-0.05, 0) is 36.0 Å². The first-order valence-electron chi connectivity index (χ1n) is 6.49. The van der Waals surface area contributed by atoms with Crippen molar-refractivity contribution in [2.24, 2.45) is 11.3 Å². The number of rotatable bonds is 3. The molecule has 1 fully saturated rings. The molecule has 1 N–H and O–H groups in total. The maximum Gasteiger partial charge on any atom is 0.228 e. The van der Waals surface area contributed by atoms with Crippen LogP contribution in [0.1, 0.15) is 38.7 Å². The molecule has 0 aromatic heterocycles. The van der Waals surface area contributed by atoms with Crippen molar-refractivity contribution < 1.29 is 4.79 Å². The molecule has 2 nitrogen and oxygen atoms in total. The monoisotopic (exact) mass is 309 g/mol. The molecule has 2 rings (SSSR count). The highest BCUT2D eigenvalue weighted by molar-refractivity contribution is 9.08. The first kappa shape index (κ1) is 13.6. The van der Waals surface area contributed by atoms with Crippen molar-refractivity contribution in [1.82, 2.24) is 0 Å². The van der Waals surface area contributed by atoms with Gasteiger partial charge in [0.2, 0.25) is 5.91 Å². The minimum absolute atomic E-state index is 0.139. The molecule has 0 saturated heterocycles. The molecule has 3 heteroatoms. The summed E-state index contributed by atoms with van der Waals surface area (Å²) in [7, 11) is 0. The summed E-state index contributed by atoms with van der Waals surface area (Å²) in [6.07, 6.45) is 3.32. The quantitative estimate of drug-likeness (QED) is 0.826. The van der Waals surface area contributed by atoms with E-state index in [0.29, 0.717) is 0 Å². The van der Waals surface area contributed by atoms with Crippen LogP contribution in [0.15, 0.2) is 24.3 Å². The highest BCUT2D eigenvalue weighted by Crippen LogP contribution is 2.43. The Morgan fingerprint density at radius 2 is 2.06 bits per heavy atom. The van der Waals surface area contributed by atoms with E-state index in [1.54, 1.807) is 0 Å². The van der Waals surface area contributed by atoms with Gasteiger partial charge >= 0.3 is 0 Å². The molecule has 1 amide bonds. The Bertz CT molecular complexity index is 425. The molecule has 1 atom stereocenters. The van der Waals surface area contributed by atoms with E-state index in [-0.39, 0.29) is 17.2 Å². The van der Waals surface area contributed by atoms with E-state index in [1.165, 1.54) is 5.56 Å². The van der Waals surface area contributed by atoms with Gasteiger partial charge < -0.3 is 5.32 Å². The predicted octanol–water partition coefficient (Wildman–Crippen LogP) is 4.35. The Hall–Kier alpha value is -0.830. The number of amides is 1. The van der Waals surface area contributed by atoms with Gasteiger partial charge in [0.25, 0.3) is 0 Å². The molecule has 0 heterocycles. The number of nitrogens with one attached hydrogen (secondary N) is 1. The van der Waals surface area contributed by atoms with Gasteiger partial charge in [-0.2, -0.15) is 0 Å². The van der Waals surface area contributed by atoms with Gasteiger partial charge in [0, 0.05) is 16.9 Å². The lowest BCUT2D eigenvalue weighted by molar-refractivity contribution is -0.122. The van der Waals surface area contributed by atoms with Crippen LogP contribution in [-0.2, 0) is 10.1 Å². The van der Waals surface area contributed by atoms with Crippen molar-refractivity contribution in [3.63, 3.8) is 0 Å². The van der Waals surface area contributed by atoms with Gasteiger partial charge in [-0.15, -0.1) is 0 Å². The van der Waals surface area contributed by atoms with Crippen molar-refractivity contribution in [3.8, 4) is 0 Å². The average Bonchev–Trinajstić information content (AvgIpc) is 2.70. The molecule has 1 aliphatic carbocycles. The van der Waals surface area contributed by atoms with E-state index in [1.807, 2.05) is 24.3 Å². The van der Waals surface area contributed by atoms with E-state index in [9.17, 15) is 4.79 Å². The Morgan fingerprint density at radius 1 is 1.39 bits per heavy atom. The second-order valence-electron chi connectivity index (χ2n) is 5.75. The van der Waals surface area contributed by atoms with Crippen LogP contribution in [-0.4, -0.2) is 5.91 Å². The number of alkyl halides is 1. The average molecular weight is 310 g/mol. The van der Waals surface area contributed by atoms with Gasteiger partial charge in [0.05, 0.1) is 0 Å². The lowest BCUT2D eigenvalue weighted by Crippen LogP contribution is -2.30. The number of hydrogen-bond acceptors (Lipinski definition) is 1. The summed E-state index contributed by atoms with van der Waals surface area (Å²) >= 11 is 3.41. The van der Waals surface area contributed by atoms with Gasteiger partial charge in [0.1, 0.15) is 0 Å². The summed E-state index contributed by atoms with van der Waals surface area (Å²) < 4.78 is 0. The maximum absolute atomic E-state index is 12.3. The second-order valence-corrected chi connectivity index (χ2v) is 6.31. The van der Waals surface area contributed by atoms with Crippen molar-refractivity contribution in [3.05, 3.63) is 29.8 Å². The number of halogens is 1. The zero-order chi connectivity index (χ0) is 13.2. The minimum atomic E-state index is 0.139. The molecule has 0 radical (unpaired) electrons. The molecular formula is C15H20BrNO. The number of carbonyl (C=O) groups excluding carboxylic acids is 1. The summed E-state index contributed by atoms with van der Waals surface area (Å²) in [5.41, 5.74) is 2.25. The van der Waals surface area contributed by atoms with Crippen molar-refractivity contribution in [2.75, 3.05) is 5.32 Å². The third-order valence-corrected chi connectivity index (χ3v) is 4.60. The highest BCUT2D eigenvalue weighted by atomic mass is 79.9. The van der Waals surface area contributed by atoms with Gasteiger partial charge in [0.15, 0.2) is 0 Å². The molecule has 0 spiro atoms. The topological polar surface area (TPSA) is 29.1 Å². The highest BCUT2D eigenvalue weighted by Gasteiger charge is 2.39. The van der Waals surface area contributed by atoms with Crippen LogP contribution in [0.2, 0.25) is 0 Å². The smallest absolute Gasteiger partial charge is 0.228 e. The molecule has 1 aromatic rings. The zero-order valence-corrected chi connectivity index (χ0v) is 12.6. The molecule has 0 aliphatic heterocycles. The van der Waals surface area contributed by atoms with Crippen molar-refractivity contribution in [1.29, 1.82) is 0 Å². The standard InChI is InChI=1S/C15H20BrNO/c1-15(2)9-3-4-13(15)14(18)17-12-7-5-11(10-16)6-8-12/h5-8,13H,3-4,9-10H2,1-2H3,(H,17,18). The Kier molecular flexibility index (Phi) is 4.10. The van der Waals surface area contributed by atoms with E-state index in [4.69, 9.17) is 0 Å². The predicted molar refractivity (Wildman–Crippen MR) is 78.8 cm³/mol. The fourth-order valence-corrected chi connectivity index (χ4v) is 3.09. The normalized spacial score (nSPS) is 21.8. The third-order valence-electron chi connectivity index (χ3n) is 3.95. The van der Waals surface area contributed by atoms with Gasteiger partial charge in [-0.1, -0.05) is 48.3 Å². The zero-order valence-electron chi connectivity index (χ0n) is 11.0. The van der Waals surface area contributed by atoms with E-state index < -0.39 is 0 Å². The molecule has 18 heavy (non-hydrogen) atoms. The minimum Gasteiger partial charge on any atom is -0.326 e. The number of carbonyl (C=O) groups is 1. The van der Waals surface area contributed by atoms with Crippen LogP contribution < -0.4 is 5.32 Å². The number of hydrogen-bond donors (Lipinski definition) is 1. The van der Waals surface area contributed by atoms with Crippen molar-refractivity contribution in [2.45, 2.75) is 38.4 Å². The molecule has 1 saturated carbocycles. The fourth-order valence-electron chi connectivity index (χ4n) is 2.72. The summed E-state index contributed by atoms with van der Waals surface area (Å²) in [4.78, 5) is 12.3. The Morgan fingerprint density at radius 3 is 2.56 bits per heavy atom. The van der Waals surface area contributed by atoms with Crippen LogP contribution in [0.3, 0.4) is 0 Å². The number of benzene rings is 1. The van der Waals surface area contributed by atoms with Gasteiger partial charge in [-0.25, -0.2) is 0 Å². The van der Waals surface area contributed by atoms with Crippen molar-refractivity contribution >= 4 is 27.5 Å². The van der Waals surface area contributed by atoms with Gasteiger partial charge in [-0.3, -0.25) is 4.79 Å². The molecule has 1 unspecified atom stereocenters. The van der Waals surface area contributed by atoms with Crippen LogP contribution in [0.25, 0.3) is 0 Å². The van der Waals surface area contributed by atoms with Crippen LogP contribution in [0.4, 0.5) is 5.69 Å². The van der Waals surface area contributed by atoms with E-state index in [0.717, 1.165) is 30.3 Å². The lowest BCUT2D eigenvalue weighted by Gasteiger charge is -2.25. The third kappa shape index (κ3) is 2.94. The molecule has 98 valence electrons. The summed E-state index contributed by atoms with van der Waals surface area (Å²) in [5.74, 6) is 0.317. The first-order valence-corrected chi connectivity index (χ1v) is 7.61. The van der Waals surface area contributed by atoms with Crippen LogP contribution >= 0.6 is 15.9 Å². The summed E-state index contributed by atoms with van der Waals surface area (Å²) in [5, 5.41) is 3.88. The summed E-state index contributed by atoms with van der Waals surface area (Å²) in [6, 6.07) is 8.00. The first-order chi connectivity index (χ1) is 8.53. The fraction of sp³-hybridized carbons (Fsp3) is 0.533. The largest absolute Gasteiger partial charge is 0.326 e.